The Morgan fingerprint density at radius 2 is 1.76 bits per heavy atom. The van der Waals surface area contributed by atoms with Gasteiger partial charge in [-0.15, -0.1) is 0 Å². The molecule has 4 nitrogen and oxygen atoms in total. The van der Waals surface area contributed by atoms with Crippen molar-refractivity contribution in [3.05, 3.63) is 59.9 Å². The fraction of sp³-hybridized carbons (Fsp3) is 0.200. The first-order valence-corrected chi connectivity index (χ1v) is 8.24. The van der Waals surface area contributed by atoms with Crippen molar-refractivity contribution in [3.63, 3.8) is 0 Å². The molecule has 2 N–H and O–H groups in total. The quantitative estimate of drug-likeness (QED) is 0.890. The Bertz CT molecular complexity index is 731. The molecule has 21 heavy (non-hydrogen) atoms. The van der Waals surface area contributed by atoms with Gasteiger partial charge in [0.1, 0.15) is 5.82 Å². The van der Waals surface area contributed by atoms with Crippen molar-refractivity contribution < 1.29 is 17.9 Å². The summed E-state index contributed by atoms with van der Waals surface area (Å²) in [5, 5.41) is 12.9. The minimum absolute atomic E-state index is 0.00741. The molecule has 0 aliphatic heterocycles. The van der Waals surface area contributed by atoms with E-state index in [-0.39, 0.29) is 17.0 Å². The molecule has 0 amide bonds. The normalized spacial score (nSPS) is 12.9. The van der Waals surface area contributed by atoms with E-state index in [1.165, 1.54) is 24.3 Å². The average Bonchev–Trinajstić information content (AvgIpc) is 2.44. The second kappa shape index (κ2) is 6.24. The second-order valence-corrected chi connectivity index (χ2v) is 6.67. The number of benzene rings is 2. The van der Waals surface area contributed by atoms with E-state index >= 15 is 0 Å². The molecule has 2 aromatic carbocycles. The minimum Gasteiger partial charge on any atom is -0.386 e. The molecule has 0 radical (unpaired) electrons. The molecule has 0 bridgehead atoms. The molecule has 0 aromatic heterocycles. The first-order chi connectivity index (χ1) is 9.89. The van der Waals surface area contributed by atoms with Gasteiger partial charge in [-0.3, -0.25) is 0 Å². The highest BCUT2D eigenvalue weighted by Crippen LogP contribution is 2.22. The van der Waals surface area contributed by atoms with Gasteiger partial charge in [0.15, 0.2) is 9.84 Å². The Morgan fingerprint density at radius 1 is 1.14 bits per heavy atom. The fourth-order valence-corrected chi connectivity index (χ4v) is 2.86. The topological polar surface area (TPSA) is 66.4 Å². The van der Waals surface area contributed by atoms with Crippen molar-refractivity contribution in [2.75, 3.05) is 18.1 Å². The number of nitrogens with one attached hydrogen (secondary N) is 1. The first-order valence-electron chi connectivity index (χ1n) is 6.35. The third-order valence-corrected chi connectivity index (χ3v) is 4.19. The highest BCUT2D eigenvalue weighted by Gasteiger charge is 2.15. The summed E-state index contributed by atoms with van der Waals surface area (Å²) in [5.74, 6) is -0.497. The van der Waals surface area contributed by atoms with Crippen LogP contribution in [0.4, 0.5) is 10.1 Å². The van der Waals surface area contributed by atoms with Crippen LogP contribution in [-0.4, -0.2) is 26.3 Å². The highest BCUT2D eigenvalue weighted by atomic mass is 32.2. The van der Waals surface area contributed by atoms with E-state index in [0.29, 0.717) is 5.69 Å². The van der Waals surface area contributed by atoms with E-state index in [2.05, 4.69) is 5.32 Å². The number of sulfone groups is 1. The molecule has 0 spiro atoms. The fourth-order valence-electron chi connectivity index (χ4n) is 2.00. The smallest absolute Gasteiger partial charge is 0.177 e. The number of aliphatic hydroxyl groups is 1. The highest BCUT2D eigenvalue weighted by molar-refractivity contribution is 7.90. The lowest BCUT2D eigenvalue weighted by molar-refractivity contribution is 0.186. The van der Waals surface area contributed by atoms with Crippen LogP contribution in [0, 0.1) is 5.82 Å². The molecule has 0 aliphatic rings. The Morgan fingerprint density at radius 3 is 2.43 bits per heavy atom. The summed E-state index contributed by atoms with van der Waals surface area (Å²) in [6.07, 6.45) is 0.0414. The number of para-hydroxylation sites is 1. The van der Waals surface area contributed by atoms with Crippen LogP contribution in [0.15, 0.2) is 53.4 Å². The van der Waals surface area contributed by atoms with Gasteiger partial charge < -0.3 is 10.4 Å². The molecule has 112 valence electrons. The van der Waals surface area contributed by atoms with E-state index in [1.807, 2.05) is 0 Å². The molecule has 0 heterocycles. The largest absolute Gasteiger partial charge is 0.386 e. The minimum atomic E-state index is -3.37. The van der Waals surface area contributed by atoms with Crippen LogP contribution in [0.1, 0.15) is 11.7 Å². The van der Waals surface area contributed by atoms with E-state index in [4.69, 9.17) is 0 Å². The Labute approximate surface area is 123 Å². The van der Waals surface area contributed by atoms with Crippen molar-refractivity contribution in [2.24, 2.45) is 0 Å². The zero-order valence-corrected chi connectivity index (χ0v) is 12.3. The lowest BCUT2D eigenvalue weighted by Crippen LogP contribution is -2.15. The second-order valence-electron chi connectivity index (χ2n) is 4.69. The van der Waals surface area contributed by atoms with Crippen molar-refractivity contribution in [2.45, 2.75) is 11.0 Å². The number of hydrogen-bond acceptors (Lipinski definition) is 4. The summed E-state index contributed by atoms with van der Waals surface area (Å²) in [6, 6.07) is 12.3. The summed E-state index contributed by atoms with van der Waals surface area (Å²) in [7, 11) is -3.37. The number of anilines is 1. The van der Waals surface area contributed by atoms with Crippen molar-refractivity contribution in [1.29, 1.82) is 0 Å². The van der Waals surface area contributed by atoms with Crippen LogP contribution < -0.4 is 5.32 Å². The van der Waals surface area contributed by atoms with Gasteiger partial charge in [0, 0.05) is 18.4 Å². The maximum Gasteiger partial charge on any atom is 0.177 e. The summed E-state index contributed by atoms with van der Waals surface area (Å²) in [5.41, 5.74) is 0.553. The van der Waals surface area contributed by atoms with Crippen molar-refractivity contribution >= 4 is 15.5 Å². The molecule has 0 saturated carbocycles. The van der Waals surface area contributed by atoms with Crippen molar-refractivity contribution in [1.82, 2.24) is 0 Å². The molecule has 1 atom stereocenters. The third kappa shape index (κ3) is 3.80. The van der Waals surface area contributed by atoms with E-state index in [1.54, 1.807) is 24.3 Å². The zero-order valence-electron chi connectivity index (χ0n) is 11.5. The molecule has 0 fully saturated rings. The molecule has 0 saturated heterocycles. The number of halogens is 1. The summed E-state index contributed by atoms with van der Waals surface area (Å²) >= 11 is 0. The predicted octanol–water partition coefficient (Wildman–Crippen LogP) is 2.37. The van der Waals surface area contributed by atoms with E-state index in [9.17, 15) is 17.9 Å². The molecule has 2 rings (SSSR count). The molecular weight excluding hydrogens is 293 g/mol. The number of aliphatic hydroxyl groups excluding tert-OH is 1. The van der Waals surface area contributed by atoms with Gasteiger partial charge in [0.2, 0.25) is 0 Å². The third-order valence-electron chi connectivity index (χ3n) is 3.04. The molecule has 6 heteroatoms. The average molecular weight is 309 g/mol. The summed E-state index contributed by atoms with van der Waals surface area (Å²) in [4.78, 5) is 0.144. The van der Waals surface area contributed by atoms with Gasteiger partial charge in [-0.2, -0.15) is 0 Å². The number of rotatable bonds is 5. The monoisotopic (exact) mass is 309 g/mol. The predicted molar refractivity (Wildman–Crippen MR) is 79.4 cm³/mol. The summed E-state index contributed by atoms with van der Waals surface area (Å²) in [6.45, 7) is 0.00741. The Balaban J connectivity index is 2.16. The molecule has 0 aliphatic carbocycles. The van der Waals surface area contributed by atoms with Gasteiger partial charge in [0.25, 0.3) is 0 Å². The standard InChI is InChI=1S/C15H16FNO3S/c1-21(19,20)15-9-5-4-8-13(15)17-10-14(18)11-6-2-3-7-12(11)16/h2-9,14,17-18H,10H2,1H3. The van der Waals surface area contributed by atoms with E-state index in [0.717, 1.165) is 6.26 Å². The first kappa shape index (κ1) is 15.5. The maximum atomic E-state index is 13.6. The zero-order chi connectivity index (χ0) is 15.5. The van der Waals surface area contributed by atoms with Crippen LogP contribution in [-0.2, 0) is 9.84 Å². The molecule has 1 unspecified atom stereocenters. The van der Waals surface area contributed by atoms with Crippen molar-refractivity contribution in [3.8, 4) is 0 Å². The molecule has 2 aromatic rings. The van der Waals surface area contributed by atoms with Gasteiger partial charge in [0.05, 0.1) is 16.7 Å². The maximum absolute atomic E-state index is 13.6. The SMILES string of the molecule is CS(=O)(=O)c1ccccc1NCC(O)c1ccccc1F. The van der Waals surface area contributed by atoms with Gasteiger partial charge in [-0.05, 0) is 18.2 Å². The van der Waals surface area contributed by atoms with Crippen LogP contribution >= 0.6 is 0 Å². The number of hydrogen-bond donors (Lipinski definition) is 2. The van der Waals surface area contributed by atoms with Crippen LogP contribution in [0.3, 0.4) is 0 Å². The van der Waals surface area contributed by atoms with Crippen LogP contribution in [0.25, 0.3) is 0 Å². The van der Waals surface area contributed by atoms with Crippen LogP contribution in [0.2, 0.25) is 0 Å². The van der Waals surface area contributed by atoms with Gasteiger partial charge >= 0.3 is 0 Å². The Hall–Kier alpha value is -1.92. The Kier molecular flexibility index (Phi) is 4.59. The van der Waals surface area contributed by atoms with Gasteiger partial charge in [-0.1, -0.05) is 30.3 Å². The van der Waals surface area contributed by atoms with E-state index < -0.39 is 21.8 Å². The lowest BCUT2D eigenvalue weighted by atomic mass is 10.1. The van der Waals surface area contributed by atoms with Crippen LogP contribution in [0.5, 0.6) is 0 Å². The lowest BCUT2D eigenvalue weighted by Gasteiger charge is -2.15. The van der Waals surface area contributed by atoms with Gasteiger partial charge in [-0.25, -0.2) is 12.8 Å². The summed E-state index contributed by atoms with van der Waals surface area (Å²) < 4.78 is 36.9. The molecular formula is C15H16FNO3S.